The van der Waals surface area contributed by atoms with Crippen LogP contribution in [0.25, 0.3) is 0 Å². The lowest BCUT2D eigenvalue weighted by atomic mass is 10.1. The van der Waals surface area contributed by atoms with Crippen LogP contribution in [0.4, 0.5) is 0 Å². The molecule has 2 atom stereocenters. The van der Waals surface area contributed by atoms with Crippen molar-refractivity contribution in [3.8, 4) is 5.75 Å². The molecule has 8 heteroatoms. The first-order chi connectivity index (χ1) is 14.5. The van der Waals surface area contributed by atoms with Gasteiger partial charge >= 0.3 is 0 Å². The van der Waals surface area contributed by atoms with Gasteiger partial charge in [0.1, 0.15) is 18.1 Å². The number of carbonyl (C=O) groups is 3. The summed E-state index contributed by atoms with van der Waals surface area (Å²) >= 11 is 0. The number of nitrogens with zero attached hydrogens (tertiary/aromatic N) is 1. The van der Waals surface area contributed by atoms with E-state index in [4.69, 9.17) is 4.74 Å². The van der Waals surface area contributed by atoms with Gasteiger partial charge in [0.15, 0.2) is 0 Å². The zero-order valence-electron chi connectivity index (χ0n) is 16.9. The lowest BCUT2D eigenvalue weighted by molar-refractivity contribution is -0.122. The maximum atomic E-state index is 13.1. The minimum absolute atomic E-state index is 0.113. The van der Waals surface area contributed by atoms with Crippen LogP contribution in [0, 0.1) is 6.92 Å². The monoisotopic (exact) mass is 410 g/mol. The Hall–Kier alpha value is -3.29. The van der Waals surface area contributed by atoms with Crippen molar-refractivity contribution in [2.45, 2.75) is 38.3 Å². The molecule has 30 heavy (non-hydrogen) atoms. The summed E-state index contributed by atoms with van der Waals surface area (Å²) in [5, 5.41) is 5.82. The summed E-state index contributed by atoms with van der Waals surface area (Å²) in [4.78, 5) is 43.0. The topological polar surface area (TPSA) is 104 Å². The Morgan fingerprint density at radius 2 is 1.97 bits per heavy atom. The first-order valence-corrected chi connectivity index (χ1v) is 10.3. The Bertz CT molecular complexity index is 941. The molecule has 1 fully saturated rings. The molecule has 158 valence electrons. The van der Waals surface area contributed by atoms with Crippen LogP contribution in [0.1, 0.15) is 45.7 Å². The van der Waals surface area contributed by atoms with E-state index in [0.29, 0.717) is 43.1 Å². The van der Waals surface area contributed by atoms with Gasteiger partial charge in [-0.15, -0.1) is 0 Å². The molecule has 2 aliphatic heterocycles. The zero-order valence-corrected chi connectivity index (χ0v) is 16.9. The fourth-order valence-corrected chi connectivity index (χ4v) is 4.14. The SMILES string of the molecule is Cc1ccc2cc1OCCNC(=O)C[C@@H]1CC[C@H](CNC2=O)N1C(=O)c1ccc[nH]1. The number of aromatic amines is 1. The molecule has 1 aromatic carbocycles. The van der Waals surface area contributed by atoms with Gasteiger partial charge in [-0.2, -0.15) is 0 Å². The number of H-pyrrole nitrogens is 1. The Balaban J connectivity index is 1.60. The number of hydrogen-bond acceptors (Lipinski definition) is 4. The number of ether oxygens (including phenoxy) is 1. The van der Waals surface area contributed by atoms with Gasteiger partial charge < -0.3 is 25.3 Å². The zero-order chi connectivity index (χ0) is 21.1. The van der Waals surface area contributed by atoms with Crippen LogP contribution in [0.5, 0.6) is 5.75 Å². The van der Waals surface area contributed by atoms with E-state index in [9.17, 15) is 14.4 Å². The fraction of sp³-hybridized carbons (Fsp3) is 0.409. The minimum atomic E-state index is -0.211. The molecular weight excluding hydrogens is 384 g/mol. The summed E-state index contributed by atoms with van der Waals surface area (Å²) in [7, 11) is 0. The van der Waals surface area contributed by atoms with Crippen molar-refractivity contribution in [3.05, 3.63) is 53.3 Å². The molecule has 3 heterocycles. The van der Waals surface area contributed by atoms with Crippen molar-refractivity contribution in [2.75, 3.05) is 19.7 Å². The number of hydrogen-bond donors (Lipinski definition) is 3. The molecule has 4 rings (SSSR count). The number of aromatic nitrogens is 1. The molecule has 0 radical (unpaired) electrons. The third kappa shape index (κ3) is 4.17. The van der Waals surface area contributed by atoms with Crippen LogP contribution in [0.15, 0.2) is 36.5 Å². The maximum Gasteiger partial charge on any atom is 0.270 e. The molecule has 2 aromatic rings. The number of benzene rings is 1. The van der Waals surface area contributed by atoms with Crippen LogP contribution in [0.3, 0.4) is 0 Å². The van der Waals surface area contributed by atoms with E-state index in [1.807, 2.05) is 13.0 Å². The number of carbonyl (C=O) groups excluding carboxylic acids is 3. The molecule has 1 aromatic heterocycles. The lowest BCUT2D eigenvalue weighted by Crippen LogP contribution is -2.48. The van der Waals surface area contributed by atoms with E-state index in [0.717, 1.165) is 12.0 Å². The van der Waals surface area contributed by atoms with Gasteiger partial charge in [-0.05, 0) is 49.6 Å². The van der Waals surface area contributed by atoms with E-state index >= 15 is 0 Å². The normalized spacial score (nSPS) is 22.4. The first-order valence-electron chi connectivity index (χ1n) is 10.3. The fourth-order valence-electron chi connectivity index (χ4n) is 4.14. The Labute approximate surface area is 175 Å². The van der Waals surface area contributed by atoms with E-state index in [1.54, 1.807) is 35.4 Å². The summed E-state index contributed by atoms with van der Waals surface area (Å²) in [5.74, 6) is 0.147. The molecule has 2 aliphatic rings. The highest BCUT2D eigenvalue weighted by Crippen LogP contribution is 2.28. The molecule has 0 spiro atoms. The van der Waals surface area contributed by atoms with E-state index in [1.165, 1.54) is 0 Å². The molecular formula is C22H26N4O4. The second-order valence-electron chi connectivity index (χ2n) is 7.77. The standard InChI is InChI=1S/C22H26N4O4/c1-14-4-5-15-11-19(14)30-10-9-24-20(27)12-16-6-7-17(13-25-21(15)28)26(16)22(29)18-3-2-8-23-18/h2-5,8,11,16-17,23H,6-7,9-10,12-13H2,1H3,(H,24,27)(H,25,28)/t16-,17+/m0/s1. The van der Waals surface area contributed by atoms with Gasteiger partial charge in [0.2, 0.25) is 5.91 Å². The van der Waals surface area contributed by atoms with Crippen molar-refractivity contribution in [1.29, 1.82) is 0 Å². The minimum Gasteiger partial charge on any atom is -0.491 e. The third-order valence-electron chi connectivity index (χ3n) is 5.73. The Morgan fingerprint density at radius 3 is 2.77 bits per heavy atom. The van der Waals surface area contributed by atoms with E-state index < -0.39 is 0 Å². The number of rotatable bonds is 1. The van der Waals surface area contributed by atoms with Crippen LogP contribution >= 0.6 is 0 Å². The average molecular weight is 410 g/mol. The maximum absolute atomic E-state index is 13.1. The quantitative estimate of drug-likeness (QED) is 0.665. The van der Waals surface area contributed by atoms with Crippen LogP contribution in [-0.2, 0) is 4.79 Å². The lowest BCUT2D eigenvalue weighted by Gasteiger charge is -2.30. The van der Waals surface area contributed by atoms with Gasteiger partial charge in [0.25, 0.3) is 11.8 Å². The molecule has 3 N–H and O–H groups in total. The summed E-state index contributed by atoms with van der Waals surface area (Å²) in [6.07, 6.45) is 3.37. The van der Waals surface area contributed by atoms with Gasteiger partial charge in [-0.1, -0.05) is 6.07 Å². The summed E-state index contributed by atoms with van der Waals surface area (Å²) in [6, 6.07) is 8.43. The third-order valence-corrected chi connectivity index (χ3v) is 5.73. The summed E-state index contributed by atoms with van der Waals surface area (Å²) < 4.78 is 5.76. The molecule has 0 saturated carbocycles. The largest absolute Gasteiger partial charge is 0.491 e. The van der Waals surface area contributed by atoms with Crippen LogP contribution in [0.2, 0.25) is 0 Å². The highest BCUT2D eigenvalue weighted by atomic mass is 16.5. The number of fused-ring (bicyclic) bond motifs is 4. The first kappa shape index (κ1) is 20.0. The smallest absolute Gasteiger partial charge is 0.270 e. The van der Waals surface area contributed by atoms with E-state index in [2.05, 4.69) is 15.6 Å². The number of aryl methyl sites for hydroxylation is 1. The van der Waals surface area contributed by atoms with Crippen molar-refractivity contribution in [2.24, 2.45) is 0 Å². The molecule has 3 amide bonds. The second kappa shape index (κ2) is 8.61. The molecule has 0 unspecified atom stereocenters. The highest BCUT2D eigenvalue weighted by Gasteiger charge is 2.38. The van der Waals surface area contributed by atoms with Crippen molar-refractivity contribution >= 4 is 17.7 Å². The molecule has 0 aliphatic carbocycles. The van der Waals surface area contributed by atoms with Crippen LogP contribution in [-0.4, -0.2) is 59.4 Å². The molecule has 1 saturated heterocycles. The predicted octanol–water partition coefficient (Wildman–Crippen LogP) is 1.63. The predicted molar refractivity (Wildman–Crippen MR) is 110 cm³/mol. The summed E-state index contributed by atoms with van der Waals surface area (Å²) in [6.45, 7) is 2.89. The molecule has 4 bridgehead atoms. The highest BCUT2D eigenvalue weighted by molar-refractivity contribution is 5.95. The Morgan fingerprint density at radius 1 is 1.13 bits per heavy atom. The number of amides is 3. The van der Waals surface area contributed by atoms with Crippen LogP contribution < -0.4 is 15.4 Å². The van der Waals surface area contributed by atoms with Gasteiger partial charge in [0, 0.05) is 36.8 Å². The molecule has 8 nitrogen and oxygen atoms in total. The van der Waals surface area contributed by atoms with Crippen molar-refractivity contribution in [1.82, 2.24) is 20.5 Å². The number of nitrogens with one attached hydrogen (secondary N) is 3. The van der Waals surface area contributed by atoms with Crippen molar-refractivity contribution in [3.63, 3.8) is 0 Å². The van der Waals surface area contributed by atoms with E-state index in [-0.39, 0.29) is 36.2 Å². The average Bonchev–Trinajstić information content (AvgIpc) is 3.40. The van der Waals surface area contributed by atoms with Gasteiger partial charge in [-0.3, -0.25) is 14.4 Å². The van der Waals surface area contributed by atoms with Crippen molar-refractivity contribution < 1.29 is 19.1 Å². The van der Waals surface area contributed by atoms with Gasteiger partial charge in [-0.25, -0.2) is 0 Å². The Kier molecular flexibility index (Phi) is 5.74. The summed E-state index contributed by atoms with van der Waals surface area (Å²) in [5.41, 5.74) is 1.91. The second-order valence-corrected chi connectivity index (χ2v) is 7.77. The van der Waals surface area contributed by atoms with Gasteiger partial charge in [0.05, 0.1) is 6.54 Å².